The van der Waals surface area contributed by atoms with Gasteiger partial charge in [-0.25, -0.2) is 0 Å². The van der Waals surface area contributed by atoms with Crippen LogP contribution in [-0.4, -0.2) is 18.9 Å². The molecular weight excluding hydrogens is 234 g/mol. The van der Waals surface area contributed by atoms with Gasteiger partial charge in [-0.15, -0.1) is 12.4 Å². The molecule has 2 nitrogen and oxygen atoms in total. The SMILES string of the molecule is Cc1cccc(CC2(C)NCC(C)CO2)c1.Cl. The van der Waals surface area contributed by atoms with Crippen molar-refractivity contribution in [1.82, 2.24) is 5.32 Å². The zero-order valence-electron chi connectivity index (χ0n) is 10.8. The van der Waals surface area contributed by atoms with Crippen LogP contribution in [0, 0.1) is 12.8 Å². The molecule has 0 radical (unpaired) electrons. The summed E-state index contributed by atoms with van der Waals surface area (Å²) in [6, 6.07) is 8.64. The third-order valence-corrected chi connectivity index (χ3v) is 3.13. The lowest BCUT2D eigenvalue weighted by molar-refractivity contribution is -0.0997. The van der Waals surface area contributed by atoms with Gasteiger partial charge >= 0.3 is 0 Å². The van der Waals surface area contributed by atoms with Crippen LogP contribution in [0.2, 0.25) is 0 Å². The van der Waals surface area contributed by atoms with E-state index in [1.807, 2.05) is 0 Å². The van der Waals surface area contributed by atoms with Crippen LogP contribution in [-0.2, 0) is 11.2 Å². The molecule has 2 unspecified atom stereocenters. The largest absolute Gasteiger partial charge is 0.360 e. The molecule has 3 heteroatoms. The van der Waals surface area contributed by atoms with Crippen LogP contribution in [0.5, 0.6) is 0 Å². The summed E-state index contributed by atoms with van der Waals surface area (Å²) in [5.74, 6) is 0.616. The summed E-state index contributed by atoms with van der Waals surface area (Å²) >= 11 is 0. The summed E-state index contributed by atoms with van der Waals surface area (Å²) in [7, 11) is 0. The van der Waals surface area contributed by atoms with E-state index in [9.17, 15) is 0 Å². The molecule has 1 saturated heterocycles. The maximum atomic E-state index is 5.91. The summed E-state index contributed by atoms with van der Waals surface area (Å²) in [5, 5.41) is 3.49. The molecule has 1 N–H and O–H groups in total. The van der Waals surface area contributed by atoms with Crippen LogP contribution in [0.25, 0.3) is 0 Å². The molecule has 17 heavy (non-hydrogen) atoms. The molecule has 0 spiro atoms. The molecule has 1 aliphatic heterocycles. The number of halogens is 1. The predicted molar refractivity (Wildman–Crippen MR) is 73.7 cm³/mol. The van der Waals surface area contributed by atoms with E-state index in [4.69, 9.17) is 4.74 Å². The summed E-state index contributed by atoms with van der Waals surface area (Å²) in [6.45, 7) is 8.38. The maximum absolute atomic E-state index is 5.91. The van der Waals surface area contributed by atoms with Crippen LogP contribution >= 0.6 is 12.4 Å². The Hall–Kier alpha value is -0.570. The molecule has 1 fully saturated rings. The fourth-order valence-electron chi connectivity index (χ4n) is 2.15. The topological polar surface area (TPSA) is 21.3 Å². The van der Waals surface area contributed by atoms with Crippen molar-refractivity contribution in [2.24, 2.45) is 5.92 Å². The van der Waals surface area contributed by atoms with E-state index in [1.54, 1.807) is 0 Å². The highest BCUT2D eigenvalue weighted by Gasteiger charge is 2.29. The number of benzene rings is 1. The Labute approximate surface area is 110 Å². The second kappa shape index (κ2) is 5.85. The van der Waals surface area contributed by atoms with Crippen molar-refractivity contribution >= 4 is 12.4 Å². The fraction of sp³-hybridized carbons (Fsp3) is 0.571. The van der Waals surface area contributed by atoms with Crippen molar-refractivity contribution in [3.63, 3.8) is 0 Å². The van der Waals surface area contributed by atoms with Crippen molar-refractivity contribution in [2.45, 2.75) is 32.9 Å². The smallest absolute Gasteiger partial charge is 0.120 e. The molecule has 0 aliphatic carbocycles. The molecule has 0 amide bonds. The van der Waals surface area contributed by atoms with Gasteiger partial charge in [-0.1, -0.05) is 36.8 Å². The average Bonchev–Trinajstić information content (AvgIpc) is 2.23. The highest BCUT2D eigenvalue weighted by Crippen LogP contribution is 2.20. The van der Waals surface area contributed by atoms with Gasteiger partial charge in [-0.3, -0.25) is 5.32 Å². The minimum Gasteiger partial charge on any atom is -0.360 e. The van der Waals surface area contributed by atoms with Crippen molar-refractivity contribution in [2.75, 3.05) is 13.2 Å². The first kappa shape index (κ1) is 14.5. The molecule has 1 aromatic carbocycles. The molecule has 1 aliphatic rings. The van der Waals surface area contributed by atoms with Crippen LogP contribution in [0.1, 0.15) is 25.0 Å². The Balaban J connectivity index is 0.00000144. The van der Waals surface area contributed by atoms with E-state index in [1.165, 1.54) is 11.1 Å². The summed E-state index contributed by atoms with van der Waals surface area (Å²) < 4.78 is 5.91. The first-order valence-electron chi connectivity index (χ1n) is 6.02. The van der Waals surface area contributed by atoms with E-state index in [2.05, 4.69) is 50.4 Å². The van der Waals surface area contributed by atoms with Gasteiger partial charge in [0.1, 0.15) is 5.72 Å². The van der Waals surface area contributed by atoms with Gasteiger partial charge in [0, 0.05) is 13.0 Å². The molecule has 2 rings (SSSR count). The second-order valence-corrected chi connectivity index (χ2v) is 5.19. The van der Waals surface area contributed by atoms with Gasteiger partial charge < -0.3 is 4.74 Å². The van der Waals surface area contributed by atoms with Gasteiger partial charge in [0.25, 0.3) is 0 Å². The number of hydrogen-bond acceptors (Lipinski definition) is 2. The van der Waals surface area contributed by atoms with Gasteiger partial charge in [-0.2, -0.15) is 0 Å². The average molecular weight is 256 g/mol. The minimum atomic E-state index is -0.194. The first-order chi connectivity index (χ1) is 7.57. The highest BCUT2D eigenvalue weighted by atomic mass is 35.5. The Morgan fingerprint density at radius 3 is 2.82 bits per heavy atom. The third kappa shape index (κ3) is 3.98. The van der Waals surface area contributed by atoms with Crippen molar-refractivity contribution < 1.29 is 4.74 Å². The second-order valence-electron chi connectivity index (χ2n) is 5.19. The zero-order valence-corrected chi connectivity index (χ0v) is 11.6. The summed E-state index contributed by atoms with van der Waals surface area (Å²) in [6.07, 6.45) is 0.932. The molecule has 2 atom stereocenters. The van der Waals surface area contributed by atoms with E-state index >= 15 is 0 Å². The standard InChI is InChI=1S/C14H21NO.ClH/c1-11-5-4-6-13(7-11)8-14(3)15-9-12(2)10-16-14;/h4-7,12,15H,8-10H2,1-3H3;1H. The van der Waals surface area contributed by atoms with Crippen LogP contribution in [0.15, 0.2) is 24.3 Å². The Kier molecular flexibility index (Phi) is 4.99. The summed E-state index contributed by atoms with van der Waals surface area (Å²) in [5.41, 5.74) is 2.45. The highest BCUT2D eigenvalue weighted by molar-refractivity contribution is 5.85. The van der Waals surface area contributed by atoms with E-state index in [-0.39, 0.29) is 18.1 Å². The van der Waals surface area contributed by atoms with Gasteiger partial charge in [0.05, 0.1) is 6.61 Å². The van der Waals surface area contributed by atoms with E-state index in [0.29, 0.717) is 5.92 Å². The van der Waals surface area contributed by atoms with Crippen molar-refractivity contribution in [3.05, 3.63) is 35.4 Å². The molecule has 0 aromatic heterocycles. The van der Waals surface area contributed by atoms with Gasteiger partial charge in [-0.05, 0) is 25.3 Å². The Morgan fingerprint density at radius 2 is 2.24 bits per heavy atom. The Morgan fingerprint density at radius 1 is 1.47 bits per heavy atom. The maximum Gasteiger partial charge on any atom is 0.120 e. The Bertz CT molecular complexity index is 359. The van der Waals surface area contributed by atoms with E-state index < -0.39 is 0 Å². The monoisotopic (exact) mass is 255 g/mol. The fourth-order valence-corrected chi connectivity index (χ4v) is 2.15. The number of hydrogen-bond donors (Lipinski definition) is 1. The van der Waals surface area contributed by atoms with Crippen LogP contribution in [0.3, 0.4) is 0 Å². The molecule has 0 saturated carbocycles. The van der Waals surface area contributed by atoms with Crippen molar-refractivity contribution in [3.8, 4) is 0 Å². The molecule has 1 aromatic rings. The molecule has 1 heterocycles. The summed E-state index contributed by atoms with van der Waals surface area (Å²) in [4.78, 5) is 0. The first-order valence-corrected chi connectivity index (χ1v) is 6.02. The third-order valence-electron chi connectivity index (χ3n) is 3.13. The molecular formula is C14H22ClNO. The van der Waals surface area contributed by atoms with Crippen molar-refractivity contribution in [1.29, 1.82) is 0 Å². The zero-order chi connectivity index (χ0) is 11.6. The normalized spacial score (nSPS) is 28.5. The minimum absolute atomic E-state index is 0. The molecule has 96 valence electrons. The van der Waals surface area contributed by atoms with Crippen LogP contribution < -0.4 is 5.32 Å². The molecule has 0 bridgehead atoms. The van der Waals surface area contributed by atoms with Gasteiger partial charge in [0.15, 0.2) is 0 Å². The number of ether oxygens (including phenoxy) is 1. The van der Waals surface area contributed by atoms with E-state index in [0.717, 1.165) is 19.6 Å². The lowest BCUT2D eigenvalue weighted by Gasteiger charge is -2.38. The predicted octanol–water partition coefficient (Wildman–Crippen LogP) is 2.93. The number of rotatable bonds is 2. The van der Waals surface area contributed by atoms with Crippen LogP contribution in [0.4, 0.5) is 0 Å². The van der Waals surface area contributed by atoms with Gasteiger partial charge in [0.2, 0.25) is 0 Å². The quantitative estimate of drug-likeness (QED) is 0.878. The number of aryl methyl sites for hydroxylation is 1. The lowest BCUT2D eigenvalue weighted by Crippen LogP contribution is -2.53. The lowest BCUT2D eigenvalue weighted by atomic mass is 9.99. The number of nitrogens with one attached hydrogen (secondary N) is 1.